The quantitative estimate of drug-likeness (QED) is 0.714. The minimum Gasteiger partial charge on any atom is -0.299 e. The third kappa shape index (κ3) is 2.58. The van der Waals surface area contributed by atoms with E-state index in [1.807, 2.05) is 0 Å². The molecule has 0 aromatic carbocycles. The van der Waals surface area contributed by atoms with Crippen LogP contribution in [-0.4, -0.2) is 24.0 Å². The van der Waals surface area contributed by atoms with Gasteiger partial charge in [-0.3, -0.25) is 4.90 Å². The van der Waals surface area contributed by atoms with Crippen LogP contribution in [0.25, 0.3) is 0 Å². The van der Waals surface area contributed by atoms with Gasteiger partial charge in [0.05, 0.1) is 12.0 Å². The molecule has 1 heterocycles. The molecular weight excluding hydrogens is 196 g/mol. The van der Waals surface area contributed by atoms with Crippen LogP contribution in [0, 0.1) is 23.2 Å². The Kier molecular flexibility index (Phi) is 4.23. The third-order valence-electron chi connectivity index (χ3n) is 4.53. The van der Waals surface area contributed by atoms with Gasteiger partial charge >= 0.3 is 0 Å². The fourth-order valence-electron chi connectivity index (χ4n) is 3.41. The van der Waals surface area contributed by atoms with Gasteiger partial charge in [0.2, 0.25) is 0 Å². The number of likely N-dealkylation sites (tertiary alicyclic amines) is 1. The van der Waals surface area contributed by atoms with Crippen molar-refractivity contribution >= 4 is 0 Å². The molecule has 2 aliphatic rings. The summed E-state index contributed by atoms with van der Waals surface area (Å²) in [7, 11) is 0. The lowest BCUT2D eigenvalue weighted by molar-refractivity contribution is 0.0822. The van der Waals surface area contributed by atoms with Gasteiger partial charge in [-0.05, 0) is 51.1 Å². The Morgan fingerprint density at radius 2 is 1.94 bits per heavy atom. The number of rotatable bonds is 2. The first kappa shape index (κ1) is 11.9. The number of nitrogens with zero attached hydrogens (tertiary/aromatic N) is 2. The molecule has 0 aromatic heterocycles. The molecule has 2 rings (SSSR count). The molecule has 1 aliphatic heterocycles. The highest BCUT2D eigenvalue weighted by Crippen LogP contribution is 2.34. The van der Waals surface area contributed by atoms with Crippen LogP contribution in [0.4, 0.5) is 0 Å². The van der Waals surface area contributed by atoms with Crippen molar-refractivity contribution in [1.82, 2.24) is 4.90 Å². The number of nitriles is 1. The fourth-order valence-corrected chi connectivity index (χ4v) is 3.41. The smallest absolute Gasteiger partial charge is 0.0672 e. The molecule has 1 saturated heterocycles. The van der Waals surface area contributed by atoms with Gasteiger partial charge < -0.3 is 0 Å². The van der Waals surface area contributed by atoms with Gasteiger partial charge in [-0.25, -0.2) is 0 Å². The third-order valence-corrected chi connectivity index (χ3v) is 4.53. The zero-order valence-electron chi connectivity index (χ0n) is 10.5. The molecule has 2 fully saturated rings. The average molecular weight is 220 g/mol. The maximum Gasteiger partial charge on any atom is 0.0672 e. The Morgan fingerprint density at radius 3 is 2.56 bits per heavy atom. The van der Waals surface area contributed by atoms with Crippen molar-refractivity contribution in [1.29, 1.82) is 5.26 Å². The summed E-state index contributed by atoms with van der Waals surface area (Å²) in [5.74, 6) is 1.18. The second-order valence-electron chi connectivity index (χ2n) is 5.49. The van der Waals surface area contributed by atoms with Crippen molar-refractivity contribution < 1.29 is 0 Å². The second-order valence-corrected chi connectivity index (χ2v) is 5.49. The van der Waals surface area contributed by atoms with Crippen LogP contribution in [-0.2, 0) is 0 Å². The number of piperidine rings is 1. The van der Waals surface area contributed by atoms with Gasteiger partial charge in [0.1, 0.15) is 0 Å². The Bertz CT molecular complexity index is 250. The molecule has 90 valence electrons. The van der Waals surface area contributed by atoms with E-state index in [-0.39, 0.29) is 0 Å². The first-order valence-corrected chi connectivity index (χ1v) is 6.98. The molecule has 0 spiro atoms. The van der Waals surface area contributed by atoms with E-state index in [1.165, 1.54) is 51.6 Å². The Balaban J connectivity index is 1.99. The van der Waals surface area contributed by atoms with Crippen molar-refractivity contribution in [2.75, 3.05) is 13.1 Å². The molecule has 0 radical (unpaired) electrons. The van der Waals surface area contributed by atoms with Crippen molar-refractivity contribution in [3.63, 3.8) is 0 Å². The molecule has 3 unspecified atom stereocenters. The lowest BCUT2D eigenvalue weighted by Gasteiger charge is -2.41. The Labute approximate surface area is 99.6 Å². The molecule has 1 aliphatic carbocycles. The summed E-state index contributed by atoms with van der Waals surface area (Å²) in [6.07, 6.45) is 9.04. The second kappa shape index (κ2) is 5.68. The largest absolute Gasteiger partial charge is 0.299 e. The van der Waals surface area contributed by atoms with Crippen LogP contribution in [0.3, 0.4) is 0 Å². The van der Waals surface area contributed by atoms with Gasteiger partial charge in [0.25, 0.3) is 0 Å². The molecule has 2 nitrogen and oxygen atoms in total. The summed E-state index contributed by atoms with van der Waals surface area (Å²) in [6.45, 7) is 4.77. The molecule has 0 bridgehead atoms. The van der Waals surface area contributed by atoms with Crippen LogP contribution >= 0.6 is 0 Å². The maximum absolute atomic E-state index is 9.27. The summed E-state index contributed by atoms with van der Waals surface area (Å²) in [4.78, 5) is 2.61. The fraction of sp³-hybridized carbons (Fsp3) is 0.929. The maximum atomic E-state index is 9.27. The minimum atomic E-state index is 0.306. The van der Waals surface area contributed by atoms with Gasteiger partial charge in [0.15, 0.2) is 0 Å². The van der Waals surface area contributed by atoms with E-state index in [9.17, 15) is 5.26 Å². The van der Waals surface area contributed by atoms with Crippen molar-refractivity contribution in [2.24, 2.45) is 11.8 Å². The highest BCUT2D eigenvalue weighted by molar-refractivity contribution is 4.97. The Morgan fingerprint density at radius 1 is 1.19 bits per heavy atom. The molecule has 0 N–H and O–H groups in total. The predicted octanol–water partition coefficient (Wildman–Crippen LogP) is 3.19. The molecule has 16 heavy (non-hydrogen) atoms. The number of hydrogen-bond acceptors (Lipinski definition) is 2. The highest BCUT2D eigenvalue weighted by atomic mass is 15.2. The van der Waals surface area contributed by atoms with Gasteiger partial charge in [-0.15, -0.1) is 0 Å². The summed E-state index contributed by atoms with van der Waals surface area (Å²) in [5.41, 5.74) is 0. The first-order chi connectivity index (χ1) is 7.85. The van der Waals surface area contributed by atoms with E-state index in [0.717, 1.165) is 12.3 Å². The van der Waals surface area contributed by atoms with E-state index in [0.29, 0.717) is 12.0 Å². The van der Waals surface area contributed by atoms with Crippen molar-refractivity contribution in [2.45, 2.75) is 57.9 Å². The average Bonchev–Trinajstić information content (AvgIpc) is 2.39. The van der Waals surface area contributed by atoms with Crippen LogP contribution in [0.1, 0.15) is 51.9 Å². The molecule has 1 saturated carbocycles. The summed E-state index contributed by atoms with van der Waals surface area (Å²) in [5, 5.41) is 9.27. The van der Waals surface area contributed by atoms with E-state index >= 15 is 0 Å². The molecular formula is C14H24N2. The first-order valence-electron chi connectivity index (χ1n) is 6.98. The molecule has 3 atom stereocenters. The molecule has 2 heteroatoms. The summed E-state index contributed by atoms with van der Waals surface area (Å²) in [6, 6.07) is 3.13. The van der Waals surface area contributed by atoms with Crippen molar-refractivity contribution in [3.8, 4) is 6.07 Å². The van der Waals surface area contributed by atoms with Gasteiger partial charge in [0, 0.05) is 6.04 Å². The molecule has 0 aromatic rings. The lowest BCUT2D eigenvalue weighted by Crippen LogP contribution is -2.46. The summed E-state index contributed by atoms with van der Waals surface area (Å²) < 4.78 is 0. The van der Waals surface area contributed by atoms with E-state index in [4.69, 9.17) is 0 Å². The Hall–Kier alpha value is -0.550. The van der Waals surface area contributed by atoms with Crippen LogP contribution in [0.5, 0.6) is 0 Å². The van der Waals surface area contributed by atoms with E-state index in [2.05, 4.69) is 17.9 Å². The monoisotopic (exact) mass is 220 g/mol. The lowest BCUT2D eigenvalue weighted by atomic mass is 9.76. The zero-order chi connectivity index (χ0) is 11.4. The SMILES string of the molecule is CCC1CCC(C#N)C(N2CCCCC2)C1. The van der Waals surface area contributed by atoms with E-state index in [1.54, 1.807) is 0 Å². The normalized spacial score (nSPS) is 36.9. The summed E-state index contributed by atoms with van der Waals surface area (Å²) >= 11 is 0. The standard InChI is InChI=1S/C14H24N2/c1-2-12-6-7-13(11-15)14(10-12)16-8-4-3-5-9-16/h12-14H,2-10H2,1H3. The van der Waals surface area contributed by atoms with Gasteiger partial charge in [-0.2, -0.15) is 5.26 Å². The van der Waals surface area contributed by atoms with Crippen LogP contribution in [0.2, 0.25) is 0 Å². The zero-order valence-corrected chi connectivity index (χ0v) is 10.5. The van der Waals surface area contributed by atoms with Crippen LogP contribution < -0.4 is 0 Å². The highest BCUT2D eigenvalue weighted by Gasteiger charge is 2.34. The van der Waals surface area contributed by atoms with Crippen LogP contribution in [0.15, 0.2) is 0 Å². The van der Waals surface area contributed by atoms with E-state index < -0.39 is 0 Å². The number of hydrogen-bond donors (Lipinski definition) is 0. The predicted molar refractivity (Wildman–Crippen MR) is 65.9 cm³/mol. The minimum absolute atomic E-state index is 0.306. The van der Waals surface area contributed by atoms with Crippen molar-refractivity contribution in [3.05, 3.63) is 0 Å². The molecule has 0 amide bonds. The topological polar surface area (TPSA) is 27.0 Å². The van der Waals surface area contributed by atoms with Gasteiger partial charge in [-0.1, -0.05) is 19.8 Å².